The van der Waals surface area contributed by atoms with Crippen LogP contribution in [0, 0.1) is 0 Å². The summed E-state index contributed by atoms with van der Waals surface area (Å²) in [5.74, 6) is 0. The molecule has 2 rings (SSSR count). The first-order valence-corrected chi connectivity index (χ1v) is 10.4. The van der Waals surface area contributed by atoms with Gasteiger partial charge in [-0.05, 0) is 0 Å². The molecule has 16 nitrogen and oxygen atoms in total. The van der Waals surface area contributed by atoms with Gasteiger partial charge in [-0.25, -0.2) is 0 Å². The average molecular weight is 504 g/mol. The normalized spacial score (nSPS) is 42.6. The number of carbonyl (C=O) groups excluding carboxylic acids is 1. The van der Waals surface area contributed by atoms with E-state index in [1.165, 1.54) is 0 Å². The minimum atomic E-state index is -2.15. The Morgan fingerprint density at radius 2 is 1.15 bits per heavy atom. The van der Waals surface area contributed by atoms with Crippen molar-refractivity contribution in [1.29, 1.82) is 0 Å². The van der Waals surface area contributed by atoms with Crippen molar-refractivity contribution >= 4 is 6.29 Å². The van der Waals surface area contributed by atoms with Crippen molar-refractivity contribution in [3.63, 3.8) is 0 Å². The highest BCUT2D eigenvalue weighted by atomic mass is 16.7. The first-order chi connectivity index (χ1) is 16.0. The molecule has 2 heterocycles. The molecule has 2 fully saturated rings. The van der Waals surface area contributed by atoms with Gasteiger partial charge in [0.25, 0.3) is 0 Å². The molecule has 0 aromatic heterocycles. The highest BCUT2D eigenvalue weighted by Crippen LogP contribution is 2.27. The number of rotatable bonds is 11. The summed E-state index contributed by atoms with van der Waals surface area (Å²) in [4.78, 5) is 11.6. The van der Waals surface area contributed by atoms with Crippen molar-refractivity contribution in [3.8, 4) is 0 Å². The summed E-state index contributed by atoms with van der Waals surface area (Å²) in [6.45, 7) is -2.65. The van der Waals surface area contributed by atoms with Gasteiger partial charge in [-0.1, -0.05) is 0 Å². The fourth-order valence-electron chi connectivity index (χ4n) is 3.55. The molecule has 2 aliphatic heterocycles. The van der Waals surface area contributed by atoms with E-state index in [-0.39, 0.29) is 6.29 Å². The van der Waals surface area contributed by atoms with Gasteiger partial charge >= 0.3 is 0 Å². The maximum atomic E-state index is 11.6. The van der Waals surface area contributed by atoms with Crippen LogP contribution in [0.4, 0.5) is 0 Å². The number of aliphatic hydroxyl groups excluding tert-OH is 11. The SMILES string of the molecule is O=C[C@H](O[C@H]1O[C@H](CO)[C@@H](O)[C@H](O)[C@H]1O)[C@@H](O)[C@H](O[C@H]1O[C@H](CO)[C@@H](O)[C@H](O)[C@H]1O)[C@H](O)CO. The molecule has 0 spiro atoms. The van der Waals surface area contributed by atoms with E-state index in [0.717, 1.165) is 0 Å². The first-order valence-electron chi connectivity index (χ1n) is 10.4. The number of hydrogen-bond donors (Lipinski definition) is 11. The number of aldehydes is 1. The zero-order valence-corrected chi connectivity index (χ0v) is 17.7. The second-order valence-electron chi connectivity index (χ2n) is 7.97. The lowest BCUT2D eigenvalue weighted by Gasteiger charge is -2.43. The Balaban J connectivity index is 2.19. The summed E-state index contributed by atoms with van der Waals surface area (Å²) in [6, 6.07) is 0. The van der Waals surface area contributed by atoms with E-state index in [1.807, 2.05) is 0 Å². The van der Waals surface area contributed by atoms with E-state index in [0.29, 0.717) is 0 Å². The molecule has 0 aliphatic carbocycles. The lowest BCUT2D eigenvalue weighted by atomic mass is 9.98. The lowest BCUT2D eigenvalue weighted by molar-refractivity contribution is -0.336. The predicted octanol–water partition coefficient (Wildman–Crippen LogP) is -7.73. The molecular formula is C18H32O16. The van der Waals surface area contributed by atoms with Crippen LogP contribution in [0.15, 0.2) is 0 Å². The second kappa shape index (κ2) is 12.9. The van der Waals surface area contributed by atoms with Crippen LogP contribution in [-0.2, 0) is 23.7 Å². The molecule has 2 saturated heterocycles. The highest BCUT2D eigenvalue weighted by Gasteiger charge is 2.49. The Kier molecular flexibility index (Phi) is 11.1. The van der Waals surface area contributed by atoms with Gasteiger partial charge in [0.15, 0.2) is 18.9 Å². The highest BCUT2D eigenvalue weighted by molar-refractivity contribution is 5.57. The predicted molar refractivity (Wildman–Crippen MR) is 102 cm³/mol. The van der Waals surface area contributed by atoms with E-state index in [9.17, 15) is 61.0 Å². The zero-order chi connectivity index (χ0) is 25.7. The second-order valence-corrected chi connectivity index (χ2v) is 7.97. The maximum Gasteiger partial charge on any atom is 0.187 e. The molecule has 0 saturated carbocycles. The minimum absolute atomic E-state index is 0.000146. The van der Waals surface area contributed by atoms with Gasteiger partial charge in [-0.15, -0.1) is 0 Å². The number of carbonyl (C=O) groups is 1. The molecule has 0 bridgehead atoms. The quantitative estimate of drug-likeness (QED) is 0.117. The van der Waals surface area contributed by atoms with Gasteiger partial charge in [-0.2, -0.15) is 0 Å². The van der Waals surface area contributed by atoms with Gasteiger partial charge in [0.2, 0.25) is 0 Å². The van der Waals surface area contributed by atoms with Crippen molar-refractivity contribution < 1.29 is 79.9 Å². The largest absolute Gasteiger partial charge is 0.394 e. The zero-order valence-electron chi connectivity index (χ0n) is 17.7. The van der Waals surface area contributed by atoms with Crippen molar-refractivity contribution in [2.45, 2.75) is 85.8 Å². The van der Waals surface area contributed by atoms with Crippen LogP contribution in [0.1, 0.15) is 0 Å². The molecule has 34 heavy (non-hydrogen) atoms. The third-order valence-electron chi connectivity index (χ3n) is 5.65. The first kappa shape index (κ1) is 29.3. The van der Waals surface area contributed by atoms with Crippen molar-refractivity contribution in [2.75, 3.05) is 19.8 Å². The Hall–Kier alpha value is -0.930. The van der Waals surface area contributed by atoms with Crippen LogP contribution in [0.2, 0.25) is 0 Å². The molecule has 0 radical (unpaired) electrons. The molecule has 14 atom stereocenters. The summed E-state index contributed by atoms with van der Waals surface area (Å²) in [6.07, 6.45) is -25.6. The van der Waals surface area contributed by atoms with Crippen molar-refractivity contribution in [1.82, 2.24) is 0 Å². The van der Waals surface area contributed by atoms with Crippen LogP contribution < -0.4 is 0 Å². The summed E-state index contributed by atoms with van der Waals surface area (Å²) in [5.41, 5.74) is 0. The summed E-state index contributed by atoms with van der Waals surface area (Å²) < 4.78 is 20.6. The Bertz CT molecular complexity index is 621. The van der Waals surface area contributed by atoms with Crippen LogP contribution >= 0.6 is 0 Å². The van der Waals surface area contributed by atoms with E-state index < -0.39 is 106 Å². The number of ether oxygens (including phenoxy) is 4. The van der Waals surface area contributed by atoms with Gasteiger partial charge in [0, 0.05) is 0 Å². The number of aliphatic hydroxyl groups is 11. The standard InChI is InChI=1S/C18H32O16/c19-1-5(23)16(34-18-15(30)13(28)10(25)7(3-21)32-18)11(26)8(4-22)33-17-14(29)12(27)9(24)6(2-20)31-17/h4-21,23-30H,1-3H2/t5-,6-,7-,8+,9-,10-,11-,12+,13+,14-,15-,16-,17-,18-/m1/s1. The van der Waals surface area contributed by atoms with Gasteiger partial charge in [0.05, 0.1) is 19.8 Å². The summed E-state index contributed by atoms with van der Waals surface area (Å²) >= 11 is 0. The Morgan fingerprint density at radius 1 is 0.706 bits per heavy atom. The average Bonchev–Trinajstić information content (AvgIpc) is 2.84. The monoisotopic (exact) mass is 504 g/mol. The van der Waals surface area contributed by atoms with Gasteiger partial charge in [0.1, 0.15) is 73.2 Å². The van der Waals surface area contributed by atoms with Crippen LogP contribution in [0.5, 0.6) is 0 Å². The van der Waals surface area contributed by atoms with E-state index in [1.54, 1.807) is 0 Å². The Morgan fingerprint density at radius 3 is 1.53 bits per heavy atom. The van der Waals surface area contributed by atoms with Crippen LogP contribution in [0.3, 0.4) is 0 Å². The smallest absolute Gasteiger partial charge is 0.187 e. The molecule has 2 aliphatic rings. The number of hydrogen-bond acceptors (Lipinski definition) is 16. The maximum absolute atomic E-state index is 11.6. The molecule has 11 N–H and O–H groups in total. The van der Waals surface area contributed by atoms with Gasteiger partial charge < -0.3 is 79.9 Å². The van der Waals surface area contributed by atoms with E-state index >= 15 is 0 Å². The summed E-state index contributed by atoms with van der Waals surface area (Å²) in [7, 11) is 0. The molecule has 0 aromatic carbocycles. The molecular weight excluding hydrogens is 472 g/mol. The van der Waals surface area contributed by atoms with Crippen LogP contribution in [-0.4, -0.2) is 168 Å². The Labute approximate surface area is 192 Å². The van der Waals surface area contributed by atoms with Gasteiger partial charge in [-0.3, -0.25) is 0 Å². The third kappa shape index (κ3) is 6.25. The topological polar surface area (TPSA) is 277 Å². The lowest BCUT2D eigenvalue weighted by Crippen LogP contribution is -2.62. The van der Waals surface area contributed by atoms with Crippen LogP contribution in [0.25, 0.3) is 0 Å². The third-order valence-corrected chi connectivity index (χ3v) is 5.65. The molecule has 16 heteroatoms. The molecule has 200 valence electrons. The van der Waals surface area contributed by atoms with Crippen molar-refractivity contribution in [2.24, 2.45) is 0 Å². The molecule has 0 aromatic rings. The molecule has 0 unspecified atom stereocenters. The van der Waals surface area contributed by atoms with E-state index in [4.69, 9.17) is 18.9 Å². The van der Waals surface area contributed by atoms with Crippen molar-refractivity contribution in [3.05, 3.63) is 0 Å². The molecule has 0 amide bonds. The fraction of sp³-hybridized carbons (Fsp3) is 0.944. The summed E-state index contributed by atoms with van der Waals surface area (Å²) in [5, 5.41) is 108. The van der Waals surface area contributed by atoms with E-state index in [2.05, 4.69) is 0 Å². The fourth-order valence-corrected chi connectivity index (χ4v) is 3.55. The minimum Gasteiger partial charge on any atom is -0.394 e.